The smallest absolute Gasteiger partial charge is 0.219 e. The lowest BCUT2D eigenvalue weighted by Gasteiger charge is -2.38. The van der Waals surface area contributed by atoms with Crippen molar-refractivity contribution in [3.8, 4) is 0 Å². The van der Waals surface area contributed by atoms with Crippen molar-refractivity contribution in [2.75, 3.05) is 39.8 Å². The van der Waals surface area contributed by atoms with Crippen LogP contribution in [0.25, 0.3) is 0 Å². The van der Waals surface area contributed by atoms with Gasteiger partial charge in [-0.25, -0.2) is 4.39 Å². The molecule has 1 N–H and O–H groups in total. The van der Waals surface area contributed by atoms with Crippen molar-refractivity contribution < 1.29 is 9.18 Å². The number of benzene rings is 1. The van der Waals surface area contributed by atoms with E-state index in [-0.39, 0.29) is 17.8 Å². The summed E-state index contributed by atoms with van der Waals surface area (Å²) in [5, 5.41) is 2.97. The van der Waals surface area contributed by atoms with Gasteiger partial charge < -0.3 is 10.2 Å². The van der Waals surface area contributed by atoms with Gasteiger partial charge >= 0.3 is 0 Å². The van der Waals surface area contributed by atoms with Crippen LogP contribution in [-0.4, -0.2) is 55.5 Å². The van der Waals surface area contributed by atoms with Crippen molar-refractivity contribution in [1.29, 1.82) is 0 Å². The number of carbonyl (C=O) groups is 1. The largest absolute Gasteiger partial charge is 0.354 e. The molecule has 5 heteroatoms. The molecule has 0 saturated carbocycles. The molecule has 1 unspecified atom stereocenters. The number of amides is 1. The van der Waals surface area contributed by atoms with E-state index in [1.165, 1.54) is 12.1 Å². The quantitative estimate of drug-likeness (QED) is 0.896. The fourth-order valence-corrected chi connectivity index (χ4v) is 2.61. The van der Waals surface area contributed by atoms with Crippen LogP contribution in [0.3, 0.4) is 0 Å². The molecule has 1 saturated heterocycles. The van der Waals surface area contributed by atoms with Crippen LogP contribution in [0.5, 0.6) is 0 Å². The van der Waals surface area contributed by atoms with Crippen molar-refractivity contribution >= 4 is 5.91 Å². The van der Waals surface area contributed by atoms with Crippen molar-refractivity contribution in [1.82, 2.24) is 15.1 Å². The van der Waals surface area contributed by atoms with Gasteiger partial charge in [-0.3, -0.25) is 9.69 Å². The van der Waals surface area contributed by atoms with Gasteiger partial charge in [-0.2, -0.15) is 0 Å². The molecule has 0 bridgehead atoms. The van der Waals surface area contributed by atoms with Crippen molar-refractivity contribution in [3.63, 3.8) is 0 Å². The molecular weight excluding hydrogens is 269 g/mol. The van der Waals surface area contributed by atoms with Gasteiger partial charge in [0.1, 0.15) is 5.82 Å². The van der Waals surface area contributed by atoms with Gasteiger partial charge in [0, 0.05) is 39.1 Å². The highest BCUT2D eigenvalue weighted by molar-refractivity contribution is 5.75. The first-order chi connectivity index (χ1) is 10.1. The molecule has 21 heavy (non-hydrogen) atoms. The highest BCUT2D eigenvalue weighted by Gasteiger charge is 2.24. The molecule has 0 aromatic heterocycles. The van der Waals surface area contributed by atoms with E-state index in [2.05, 4.69) is 22.2 Å². The molecule has 1 fully saturated rings. The molecule has 116 valence electrons. The third kappa shape index (κ3) is 4.51. The summed E-state index contributed by atoms with van der Waals surface area (Å²) >= 11 is 0. The number of rotatable bonds is 5. The first kappa shape index (κ1) is 15.9. The molecule has 1 aromatic rings. The lowest BCUT2D eigenvalue weighted by Crippen LogP contribution is -2.48. The number of likely N-dealkylation sites (N-methyl/N-ethyl adjacent to an activating group) is 1. The van der Waals surface area contributed by atoms with Gasteiger partial charge in [-0.15, -0.1) is 0 Å². The predicted octanol–water partition coefficient (Wildman–Crippen LogP) is 1.64. The Morgan fingerprint density at radius 2 is 1.86 bits per heavy atom. The Morgan fingerprint density at radius 1 is 1.24 bits per heavy atom. The second-order valence-electron chi connectivity index (χ2n) is 5.56. The zero-order valence-corrected chi connectivity index (χ0v) is 12.8. The lowest BCUT2D eigenvalue weighted by atomic mass is 10.0. The summed E-state index contributed by atoms with van der Waals surface area (Å²) in [6, 6.07) is 6.71. The Bertz CT molecular complexity index is 455. The number of nitrogens with one attached hydrogen (secondary N) is 1. The topological polar surface area (TPSA) is 35.6 Å². The summed E-state index contributed by atoms with van der Waals surface area (Å²) in [6.07, 6.45) is 0.485. The van der Waals surface area contributed by atoms with Gasteiger partial charge in [-0.1, -0.05) is 19.1 Å². The Morgan fingerprint density at radius 3 is 2.43 bits per heavy atom. The van der Waals surface area contributed by atoms with Gasteiger partial charge in [0.05, 0.1) is 6.04 Å². The zero-order chi connectivity index (χ0) is 15.2. The summed E-state index contributed by atoms with van der Waals surface area (Å²) in [6.45, 7) is 6.36. The second-order valence-corrected chi connectivity index (χ2v) is 5.56. The SMILES string of the molecule is CCC(=O)NCC(c1ccc(F)cc1)N1CCN(C)CC1. The minimum atomic E-state index is -0.228. The molecule has 1 aromatic carbocycles. The van der Waals surface area contributed by atoms with Crippen LogP contribution in [-0.2, 0) is 4.79 Å². The molecule has 2 rings (SSSR count). The zero-order valence-electron chi connectivity index (χ0n) is 12.8. The Hall–Kier alpha value is -1.46. The van der Waals surface area contributed by atoms with Crippen LogP contribution in [0, 0.1) is 5.82 Å². The Balaban J connectivity index is 2.09. The Labute approximate surface area is 125 Å². The number of carbonyl (C=O) groups excluding carboxylic acids is 1. The monoisotopic (exact) mass is 293 g/mol. The maximum absolute atomic E-state index is 13.1. The molecule has 0 spiro atoms. The fourth-order valence-electron chi connectivity index (χ4n) is 2.61. The maximum Gasteiger partial charge on any atom is 0.219 e. The summed E-state index contributed by atoms with van der Waals surface area (Å²) in [5.74, 6) is -0.176. The molecule has 1 atom stereocenters. The third-order valence-electron chi connectivity index (χ3n) is 4.05. The number of piperazine rings is 1. The van der Waals surface area contributed by atoms with E-state index in [0.29, 0.717) is 13.0 Å². The highest BCUT2D eigenvalue weighted by atomic mass is 19.1. The van der Waals surface area contributed by atoms with Crippen LogP contribution in [0.2, 0.25) is 0 Å². The number of hydrogen-bond donors (Lipinski definition) is 1. The van der Waals surface area contributed by atoms with Crippen LogP contribution in [0.4, 0.5) is 4.39 Å². The van der Waals surface area contributed by atoms with E-state index in [9.17, 15) is 9.18 Å². The number of halogens is 1. The van der Waals surface area contributed by atoms with Gasteiger partial charge in [0.2, 0.25) is 5.91 Å². The van der Waals surface area contributed by atoms with Crippen molar-refractivity contribution in [2.24, 2.45) is 0 Å². The summed E-state index contributed by atoms with van der Waals surface area (Å²) in [4.78, 5) is 16.2. The molecule has 4 nitrogen and oxygen atoms in total. The van der Waals surface area contributed by atoms with Gasteiger partial charge in [-0.05, 0) is 24.7 Å². The fraction of sp³-hybridized carbons (Fsp3) is 0.562. The third-order valence-corrected chi connectivity index (χ3v) is 4.05. The van der Waals surface area contributed by atoms with E-state index in [1.54, 1.807) is 0 Å². The number of hydrogen-bond acceptors (Lipinski definition) is 3. The molecule has 1 aliphatic heterocycles. The first-order valence-corrected chi connectivity index (χ1v) is 7.55. The molecule has 0 aliphatic carbocycles. The van der Waals surface area contributed by atoms with Crippen molar-refractivity contribution in [2.45, 2.75) is 19.4 Å². The highest BCUT2D eigenvalue weighted by Crippen LogP contribution is 2.22. The van der Waals surface area contributed by atoms with E-state index < -0.39 is 0 Å². The van der Waals surface area contributed by atoms with Crippen LogP contribution in [0.15, 0.2) is 24.3 Å². The summed E-state index contributed by atoms with van der Waals surface area (Å²) in [5.41, 5.74) is 1.05. The summed E-state index contributed by atoms with van der Waals surface area (Å²) in [7, 11) is 2.11. The maximum atomic E-state index is 13.1. The average molecular weight is 293 g/mol. The summed E-state index contributed by atoms with van der Waals surface area (Å²) < 4.78 is 13.1. The lowest BCUT2D eigenvalue weighted by molar-refractivity contribution is -0.121. The van der Waals surface area contributed by atoms with Crippen LogP contribution < -0.4 is 5.32 Å². The molecule has 1 heterocycles. The normalized spacial score (nSPS) is 18.4. The number of nitrogens with zero attached hydrogens (tertiary/aromatic N) is 2. The van der Waals surface area contributed by atoms with Crippen LogP contribution >= 0.6 is 0 Å². The second kappa shape index (κ2) is 7.52. The van der Waals surface area contributed by atoms with Crippen molar-refractivity contribution in [3.05, 3.63) is 35.6 Å². The minimum absolute atomic E-state index is 0.0521. The standard InChI is InChI=1S/C16H24FN3O/c1-3-16(21)18-12-15(13-4-6-14(17)7-5-13)20-10-8-19(2)9-11-20/h4-7,15H,3,8-12H2,1-2H3,(H,18,21). The van der Waals surface area contributed by atoms with Crippen LogP contribution in [0.1, 0.15) is 24.9 Å². The minimum Gasteiger partial charge on any atom is -0.354 e. The van der Waals surface area contributed by atoms with E-state index in [4.69, 9.17) is 0 Å². The molecule has 1 amide bonds. The van der Waals surface area contributed by atoms with E-state index in [1.807, 2.05) is 19.1 Å². The molecular formula is C16H24FN3O. The van der Waals surface area contributed by atoms with E-state index >= 15 is 0 Å². The molecule has 1 aliphatic rings. The first-order valence-electron chi connectivity index (χ1n) is 7.55. The van der Waals surface area contributed by atoms with Gasteiger partial charge in [0.25, 0.3) is 0 Å². The molecule has 0 radical (unpaired) electrons. The Kier molecular flexibility index (Phi) is 5.70. The van der Waals surface area contributed by atoms with Gasteiger partial charge in [0.15, 0.2) is 0 Å². The predicted molar refractivity (Wildman–Crippen MR) is 81.5 cm³/mol. The average Bonchev–Trinajstić information content (AvgIpc) is 2.50. The van der Waals surface area contributed by atoms with E-state index in [0.717, 1.165) is 31.7 Å².